The highest BCUT2D eigenvalue weighted by atomic mass is 16.5. The summed E-state index contributed by atoms with van der Waals surface area (Å²) in [4.78, 5) is 25.9. The molecule has 1 saturated heterocycles. The van der Waals surface area contributed by atoms with Crippen LogP contribution in [0, 0.1) is 19.3 Å². The number of fused-ring (bicyclic) bond motifs is 1. The molecule has 1 N–H and O–H groups in total. The van der Waals surface area contributed by atoms with Gasteiger partial charge in [-0.1, -0.05) is 6.07 Å². The highest BCUT2D eigenvalue weighted by molar-refractivity contribution is 5.84. The Hall–Kier alpha value is -2.04. The first-order chi connectivity index (χ1) is 10.8. The molecule has 5 nitrogen and oxygen atoms in total. The Labute approximate surface area is 136 Å². The molecule has 0 aliphatic carbocycles. The number of rotatable bonds is 2. The Morgan fingerprint density at radius 3 is 2.70 bits per heavy atom. The van der Waals surface area contributed by atoms with Gasteiger partial charge in [-0.25, -0.2) is 0 Å². The van der Waals surface area contributed by atoms with Crippen molar-refractivity contribution in [2.75, 3.05) is 13.1 Å². The van der Waals surface area contributed by atoms with Gasteiger partial charge in [0, 0.05) is 19.5 Å². The van der Waals surface area contributed by atoms with Gasteiger partial charge in [-0.3, -0.25) is 9.59 Å². The molecule has 2 aliphatic heterocycles. The van der Waals surface area contributed by atoms with E-state index < -0.39 is 17.5 Å². The van der Waals surface area contributed by atoms with E-state index in [0.717, 1.165) is 16.9 Å². The Morgan fingerprint density at radius 1 is 1.30 bits per heavy atom. The predicted molar refractivity (Wildman–Crippen MR) is 85.6 cm³/mol. The zero-order valence-corrected chi connectivity index (χ0v) is 13.9. The molecule has 5 heteroatoms. The summed E-state index contributed by atoms with van der Waals surface area (Å²) in [6.07, 6.45) is 1.36. The minimum Gasteiger partial charge on any atom is -0.481 e. The Bertz CT molecular complexity index is 638. The molecular weight excluding hydrogens is 294 g/mol. The van der Waals surface area contributed by atoms with E-state index in [0.29, 0.717) is 25.8 Å². The third-order valence-corrected chi connectivity index (χ3v) is 5.15. The normalized spacial score (nSPS) is 26.6. The summed E-state index contributed by atoms with van der Waals surface area (Å²) in [5.41, 5.74) is 2.54. The van der Waals surface area contributed by atoms with Crippen LogP contribution in [0.15, 0.2) is 12.1 Å². The number of likely N-dealkylation sites (tertiary alicyclic amines) is 1. The maximum atomic E-state index is 12.8. The number of piperidine rings is 1. The van der Waals surface area contributed by atoms with E-state index in [9.17, 15) is 14.7 Å². The van der Waals surface area contributed by atoms with E-state index in [1.807, 2.05) is 19.9 Å². The van der Waals surface area contributed by atoms with Crippen molar-refractivity contribution in [3.8, 4) is 5.75 Å². The fourth-order valence-electron chi connectivity index (χ4n) is 3.46. The van der Waals surface area contributed by atoms with Crippen molar-refractivity contribution in [2.45, 2.75) is 46.1 Å². The van der Waals surface area contributed by atoms with Gasteiger partial charge in [0.15, 0.2) is 6.10 Å². The van der Waals surface area contributed by atoms with Gasteiger partial charge in [-0.05, 0) is 56.4 Å². The molecule has 1 aromatic rings. The molecule has 23 heavy (non-hydrogen) atoms. The van der Waals surface area contributed by atoms with Crippen molar-refractivity contribution < 1.29 is 19.4 Å². The SMILES string of the molecule is Cc1cc2c(cc1C)OC(C(=O)N1CCCC(C)(C(=O)O)C1)C2. The summed E-state index contributed by atoms with van der Waals surface area (Å²) in [5.74, 6) is -0.148. The van der Waals surface area contributed by atoms with Gasteiger partial charge < -0.3 is 14.7 Å². The first-order valence-electron chi connectivity index (χ1n) is 8.09. The molecule has 1 amide bonds. The molecule has 2 aliphatic rings. The second-order valence-electron chi connectivity index (χ2n) is 7.08. The standard InChI is InChI=1S/C18H23NO4/c1-11-7-13-9-15(23-14(13)8-12(11)2)16(20)19-6-4-5-18(3,10-19)17(21)22/h7-8,15H,4-6,9-10H2,1-3H3,(H,21,22). The monoisotopic (exact) mass is 317 g/mol. The van der Waals surface area contributed by atoms with Crippen LogP contribution in [0.5, 0.6) is 5.75 Å². The third-order valence-electron chi connectivity index (χ3n) is 5.15. The molecule has 2 heterocycles. The minimum absolute atomic E-state index is 0.0938. The lowest BCUT2D eigenvalue weighted by Crippen LogP contribution is -2.51. The van der Waals surface area contributed by atoms with Crippen molar-refractivity contribution >= 4 is 11.9 Å². The molecule has 0 aromatic heterocycles. The number of carbonyl (C=O) groups is 2. The van der Waals surface area contributed by atoms with Gasteiger partial charge in [0.1, 0.15) is 5.75 Å². The zero-order valence-electron chi connectivity index (χ0n) is 13.9. The van der Waals surface area contributed by atoms with Gasteiger partial charge >= 0.3 is 5.97 Å². The number of amides is 1. The summed E-state index contributed by atoms with van der Waals surface area (Å²) >= 11 is 0. The number of nitrogens with zero attached hydrogens (tertiary/aromatic N) is 1. The van der Waals surface area contributed by atoms with Crippen LogP contribution in [0.1, 0.15) is 36.5 Å². The number of ether oxygens (including phenoxy) is 1. The van der Waals surface area contributed by atoms with Crippen molar-refractivity contribution in [1.82, 2.24) is 4.90 Å². The van der Waals surface area contributed by atoms with Gasteiger partial charge in [0.2, 0.25) is 0 Å². The van der Waals surface area contributed by atoms with Crippen LogP contribution >= 0.6 is 0 Å². The number of hydrogen-bond acceptors (Lipinski definition) is 3. The lowest BCUT2D eigenvalue weighted by Gasteiger charge is -2.38. The number of hydrogen-bond donors (Lipinski definition) is 1. The second-order valence-corrected chi connectivity index (χ2v) is 7.08. The van der Waals surface area contributed by atoms with Crippen LogP contribution in [0.3, 0.4) is 0 Å². The first kappa shape index (κ1) is 15.8. The molecule has 1 aromatic carbocycles. The minimum atomic E-state index is -0.855. The van der Waals surface area contributed by atoms with Gasteiger partial charge in [-0.15, -0.1) is 0 Å². The van der Waals surface area contributed by atoms with Crippen molar-refractivity contribution in [1.29, 1.82) is 0 Å². The van der Waals surface area contributed by atoms with Crippen molar-refractivity contribution in [2.24, 2.45) is 5.41 Å². The number of aryl methyl sites for hydroxylation is 2. The second kappa shape index (κ2) is 5.55. The number of carboxylic acids is 1. The van der Waals surface area contributed by atoms with E-state index >= 15 is 0 Å². The molecule has 0 spiro atoms. The van der Waals surface area contributed by atoms with Gasteiger partial charge in [0.05, 0.1) is 5.41 Å². The Balaban J connectivity index is 1.74. The smallest absolute Gasteiger partial charge is 0.311 e. The molecule has 2 atom stereocenters. The Kier molecular flexibility index (Phi) is 3.82. The van der Waals surface area contributed by atoms with Crippen molar-refractivity contribution in [3.63, 3.8) is 0 Å². The molecule has 2 unspecified atom stereocenters. The van der Waals surface area contributed by atoms with Crippen LogP contribution in [0.25, 0.3) is 0 Å². The van der Waals surface area contributed by atoms with E-state index in [1.54, 1.807) is 11.8 Å². The summed E-state index contributed by atoms with van der Waals surface area (Å²) in [7, 11) is 0. The molecule has 0 radical (unpaired) electrons. The van der Waals surface area contributed by atoms with E-state index in [4.69, 9.17) is 4.74 Å². The third kappa shape index (κ3) is 2.80. The topological polar surface area (TPSA) is 66.8 Å². The van der Waals surface area contributed by atoms with Crippen LogP contribution < -0.4 is 4.74 Å². The largest absolute Gasteiger partial charge is 0.481 e. The van der Waals surface area contributed by atoms with E-state index in [-0.39, 0.29) is 12.5 Å². The summed E-state index contributed by atoms with van der Waals surface area (Å²) in [6.45, 7) is 6.65. The first-order valence-corrected chi connectivity index (χ1v) is 8.09. The molecule has 124 valence electrons. The maximum absolute atomic E-state index is 12.8. The van der Waals surface area contributed by atoms with Crippen molar-refractivity contribution in [3.05, 3.63) is 28.8 Å². The zero-order chi connectivity index (χ0) is 16.8. The van der Waals surface area contributed by atoms with E-state index in [2.05, 4.69) is 6.07 Å². The highest BCUT2D eigenvalue weighted by Crippen LogP contribution is 2.34. The summed E-state index contributed by atoms with van der Waals surface area (Å²) in [5, 5.41) is 9.40. The number of carboxylic acid groups (broad SMARTS) is 1. The number of benzene rings is 1. The maximum Gasteiger partial charge on any atom is 0.311 e. The summed E-state index contributed by atoms with van der Waals surface area (Å²) < 4.78 is 5.85. The molecule has 1 fully saturated rings. The fraction of sp³-hybridized carbons (Fsp3) is 0.556. The average molecular weight is 317 g/mol. The lowest BCUT2D eigenvalue weighted by molar-refractivity contribution is -0.155. The quantitative estimate of drug-likeness (QED) is 0.909. The van der Waals surface area contributed by atoms with Crippen LogP contribution in [-0.4, -0.2) is 41.1 Å². The predicted octanol–water partition coefficient (Wildman–Crippen LogP) is 2.32. The average Bonchev–Trinajstić information content (AvgIpc) is 2.89. The van der Waals surface area contributed by atoms with E-state index in [1.165, 1.54) is 5.56 Å². The number of carbonyl (C=O) groups excluding carboxylic acids is 1. The molecule has 0 saturated carbocycles. The highest BCUT2D eigenvalue weighted by Gasteiger charge is 2.42. The van der Waals surface area contributed by atoms with Crippen LogP contribution in [0.4, 0.5) is 0 Å². The molecule has 0 bridgehead atoms. The van der Waals surface area contributed by atoms with Gasteiger partial charge in [0.25, 0.3) is 5.91 Å². The number of aliphatic carboxylic acids is 1. The lowest BCUT2D eigenvalue weighted by atomic mass is 9.82. The van der Waals surface area contributed by atoms with Crippen LogP contribution in [-0.2, 0) is 16.0 Å². The fourth-order valence-corrected chi connectivity index (χ4v) is 3.46. The Morgan fingerprint density at radius 2 is 2.00 bits per heavy atom. The summed E-state index contributed by atoms with van der Waals surface area (Å²) in [6, 6.07) is 4.06. The molecule has 3 rings (SSSR count). The molecular formula is C18H23NO4. The van der Waals surface area contributed by atoms with Gasteiger partial charge in [-0.2, -0.15) is 0 Å². The van der Waals surface area contributed by atoms with Crippen LogP contribution in [0.2, 0.25) is 0 Å².